The molecule has 0 unspecified atom stereocenters. The second kappa shape index (κ2) is 7.17. The van der Waals surface area contributed by atoms with E-state index in [9.17, 15) is 10.0 Å². The maximum absolute atomic E-state index is 12.6. The number of fused-ring (bicyclic) bond motifs is 1. The van der Waals surface area contributed by atoms with Crippen molar-refractivity contribution < 1.29 is 19.0 Å². The molecule has 25 heavy (non-hydrogen) atoms. The molecule has 3 rings (SSSR count). The topological polar surface area (TPSA) is 77.7 Å². The lowest BCUT2D eigenvalue weighted by Crippen LogP contribution is -2.41. The monoisotopic (exact) mass is 349 g/mol. The zero-order chi connectivity index (χ0) is 18.0. The van der Waals surface area contributed by atoms with Crippen LogP contribution in [0.15, 0.2) is 6.07 Å². The summed E-state index contributed by atoms with van der Waals surface area (Å²) in [6, 6.07) is 1.76. The Bertz CT molecular complexity index is 654. The number of aromatic nitrogens is 1. The first-order valence-corrected chi connectivity index (χ1v) is 8.95. The molecular weight excluding hydrogens is 322 g/mol. The highest BCUT2D eigenvalue weighted by Crippen LogP contribution is 2.31. The summed E-state index contributed by atoms with van der Waals surface area (Å²) in [5.74, 6) is 0.823. The van der Waals surface area contributed by atoms with Gasteiger partial charge in [0.2, 0.25) is 0 Å². The number of nitrogens with one attached hydrogen (secondary N) is 1. The molecule has 1 fully saturated rings. The van der Waals surface area contributed by atoms with Gasteiger partial charge < -0.3 is 14.7 Å². The van der Waals surface area contributed by atoms with Crippen LogP contribution in [0, 0.1) is 10.6 Å². The standard InChI is InChI=1S/C18H27N3O4/c1-4-18(2,3)17(22)19-15-11-13(12-20-6-9-24-10-7-20)16-14(21(15)23)5-8-25-16/h11H,4-10,12H2,1-3H3,(H,19,22). The molecule has 1 N–H and O–H groups in total. The fourth-order valence-corrected chi connectivity index (χ4v) is 3.00. The molecule has 0 atom stereocenters. The van der Waals surface area contributed by atoms with Crippen molar-refractivity contribution in [1.29, 1.82) is 0 Å². The summed E-state index contributed by atoms with van der Waals surface area (Å²) in [4.78, 5) is 14.8. The smallest absolute Gasteiger partial charge is 0.313 e. The number of hydrogen-bond donors (Lipinski definition) is 1. The third kappa shape index (κ3) is 3.72. The molecule has 0 aromatic carbocycles. The first kappa shape index (κ1) is 17.9. The van der Waals surface area contributed by atoms with E-state index < -0.39 is 5.41 Å². The van der Waals surface area contributed by atoms with Crippen molar-refractivity contribution in [3.63, 3.8) is 0 Å². The number of hydrogen-bond acceptors (Lipinski definition) is 5. The van der Waals surface area contributed by atoms with Crippen LogP contribution in [0.4, 0.5) is 5.82 Å². The lowest BCUT2D eigenvalue weighted by atomic mass is 9.89. The van der Waals surface area contributed by atoms with Crippen LogP contribution >= 0.6 is 0 Å². The maximum Gasteiger partial charge on any atom is 0.313 e. The summed E-state index contributed by atoms with van der Waals surface area (Å²) in [7, 11) is 0. The third-order valence-corrected chi connectivity index (χ3v) is 5.15. The lowest BCUT2D eigenvalue weighted by molar-refractivity contribution is -0.597. The molecule has 3 heterocycles. The Kier molecular flexibility index (Phi) is 5.15. The Hall–Kier alpha value is -1.86. The molecule has 1 saturated heterocycles. The van der Waals surface area contributed by atoms with E-state index in [1.807, 2.05) is 20.8 Å². The van der Waals surface area contributed by atoms with Crippen molar-refractivity contribution in [2.24, 2.45) is 5.41 Å². The minimum Gasteiger partial charge on any atom is -0.710 e. The number of carbonyl (C=O) groups is 1. The predicted molar refractivity (Wildman–Crippen MR) is 93.4 cm³/mol. The molecule has 2 aliphatic rings. The van der Waals surface area contributed by atoms with Crippen LogP contribution in [0.2, 0.25) is 0 Å². The van der Waals surface area contributed by atoms with Crippen molar-refractivity contribution in [1.82, 2.24) is 4.90 Å². The van der Waals surface area contributed by atoms with E-state index in [0.717, 1.165) is 23.4 Å². The first-order chi connectivity index (χ1) is 11.9. The van der Waals surface area contributed by atoms with Gasteiger partial charge in [-0.1, -0.05) is 6.92 Å². The van der Waals surface area contributed by atoms with Gasteiger partial charge in [0, 0.05) is 37.7 Å². The predicted octanol–water partition coefficient (Wildman–Crippen LogP) is 1.46. The fourth-order valence-electron chi connectivity index (χ4n) is 3.00. The number of pyridine rings is 1. The number of carbonyl (C=O) groups excluding carboxylic acids is 1. The Labute approximate surface area is 148 Å². The largest absolute Gasteiger partial charge is 0.710 e. The molecule has 138 valence electrons. The Morgan fingerprint density at radius 2 is 2.08 bits per heavy atom. The summed E-state index contributed by atoms with van der Waals surface area (Å²) in [5, 5.41) is 15.5. The molecule has 7 heteroatoms. The number of rotatable bonds is 5. The van der Waals surface area contributed by atoms with Crippen LogP contribution < -0.4 is 14.8 Å². The van der Waals surface area contributed by atoms with Crippen molar-refractivity contribution in [2.45, 2.75) is 40.2 Å². The van der Waals surface area contributed by atoms with Gasteiger partial charge in [-0.25, -0.2) is 14.8 Å². The molecule has 0 radical (unpaired) electrons. The summed E-state index contributed by atoms with van der Waals surface area (Å²) in [6.45, 7) is 10.0. The summed E-state index contributed by atoms with van der Waals surface area (Å²) in [5.41, 5.74) is 1.04. The quantitative estimate of drug-likeness (QED) is 0.643. The van der Waals surface area contributed by atoms with Gasteiger partial charge in [0.25, 0.3) is 5.82 Å². The van der Waals surface area contributed by atoms with Crippen molar-refractivity contribution >= 4 is 11.7 Å². The van der Waals surface area contributed by atoms with Gasteiger partial charge in [-0.2, -0.15) is 0 Å². The van der Waals surface area contributed by atoms with Gasteiger partial charge in [-0.15, -0.1) is 0 Å². The van der Waals surface area contributed by atoms with Crippen molar-refractivity contribution in [2.75, 3.05) is 38.2 Å². The van der Waals surface area contributed by atoms with Gasteiger partial charge in [0.15, 0.2) is 11.4 Å². The Balaban J connectivity index is 1.88. The lowest BCUT2D eigenvalue weighted by Gasteiger charge is -2.27. The summed E-state index contributed by atoms with van der Waals surface area (Å²) in [6.07, 6.45) is 1.27. The normalized spacial score (nSPS) is 17.9. The molecular formula is C18H27N3O4. The van der Waals surface area contributed by atoms with Crippen LogP contribution in [-0.2, 0) is 22.5 Å². The molecule has 1 amide bonds. The maximum atomic E-state index is 12.6. The number of nitrogens with zero attached hydrogens (tertiary/aromatic N) is 2. The molecule has 0 bridgehead atoms. The number of amides is 1. The molecule has 1 aromatic rings. The zero-order valence-corrected chi connectivity index (χ0v) is 15.3. The van der Waals surface area contributed by atoms with Crippen LogP contribution in [0.25, 0.3) is 0 Å². The number of anilines is 1. The van der Waals surface area contributed by atoms with Gasteiger partial charge in [0.05, 0.1) is 25.2 Å². The third-order valence-electron chi connectivity index (χ3n) is 5.15. The Morgan fingerprint density at radius 3 is 2.76 bits per heavy atom. The van der Waals surface area contributed by atoms with Gasteiger partial charge in [-0.3, -0.25) is 4.90 Å². The van der Waals surface area contributed by atoms with E-state index in [-0.39, 0.29) is 5.91 Å². The molecule has 2 aliphatic heterocycles. The number of morpholine rings is 1. The second-order valence-corrected chi connectivity index (χ2v) is 7.30. The summed E-state index contributed by atoms with van der Waals surface area (Å²) >= 11 is 0. The molecule has 0 saturated carbocycles. The fraction of sp³-hybridized carbons (Fsp3) is 0.667. The highest BCUT2D eigenvalue weighted by molar-refractivity contribution is 5.93. The SMILES string of the molecule is CCC(C)(C)C(=O)Nc1cc(CN2CCOCC2)c2c([n+]1[O-])CCO2. The van der Waals surface area contributed by atoms with E-state index in [2.05, 4.69) is 10.2 Å². The molecule has 0 aliphatic carbocycles. The second-order valence-electron chi connectivity index (χ2n) is 7.30. The van der Waals surface area contributed by atoms with E-state index in [1.54, 1.807) is 6.07 Å². The minimum absolute atomic E-state index is 0.143. The van der Waals surface area contributed by atoms with E-state index in [1.165, 1.54) is 0 Å². The van der Waals surface area contributed by atoms with Gasteiger partial charge >= 0.3 is 5.91 Å². The van der Waals surface area contributed by atoms with Crippen LogP contribution in [-0.4, -0.2) is 43.7 Å². The van der Waals surface area contributed by atoms with Gasteiger partial charge in [-0.05, 0) is 20.3 Å². The molecule has 0 spiro atoms. The zero-order valence-electron chi connectivity index (χ0n) is 15.3. The average molecular weight is 349 g/mol. The Morgan fingerprint density at radius 1 is 1.36 bits per heavy atom. The highest BCUT2D eigenvalue weighted by atomic mass is 16.5. The summed E-state index contributed by atoms with van der Waals surface area (Å²) < 4.78 is 11.9. The van der Waals surface area contributed by atoms with Gasteiger partial charge in [0.1, 0.15) is 0 Å². The highest BCUT2D eigenvalue weighted by Gasteiger charge is 2.32. The molecule has 7 nitrogen and oxygen atoms in total. The van der Waals surface area contributed by atoms with Crippen molar-refractivity contribution in [3.8, 4) is 5.75 Å². The van der Waals surface area contributed by atoms with E-state index >= 15 is 0 Å². The molecule has 1 aromatic heterocycles. The number of ether oxygens (including phenoxy) is 2. The average Bonchev–Trinajstić information content (AvgIpc) is 3.10. The van der Waals surface area contributed by atoms with E-state index in [0.29, 0.717) is 56.5 Å². The van der Waals surface area contributed by atoms with Crippen LogP contribution in [0.1, 0.15) is 38.4 Å². The van der Waals surface area contributed by atoms with Crippen molar-refractivity contribution in [3.05, 3.63) is 22.5 Å². The first-order valence-electron chi connectivity index (χ1n) is 8.95. The van der Waals surface area contributed by atoms with Crippen LogP contribution in [0.3, 0.4) is 0 Å². The van der Waals surface area contributed by atoms with E-state index in [4.69, 9.17) is 9.47 Å². The minimum atomic E-state index is -0.521. The van der Waals surface area contributed by atoms with Crippen LogP contribution in [0.5, 0.6) is 5.75 Å².